The third-order valence-electron chi connectivity index (χ3n) is 0.667. The first kappa shape index (κ1) is 7.20. The molecule has 0 heterocycles. The Labute approximate surface area is 56.6 Å². The van der Waals surface area contributed by atoms with E-state index in [2.05, 4.69) is 0 Å². The van der Waals surface area contributed by atoms with Crippen molar-refractivity contribution in [3.8, 4) is 0 Å². The van der Waals surface area contributed by atoms with Gasteiger partial charge in [-0.1, -0.05) is 29.5 Å². The molecule has 1 unspecified atom stereocenters. The summed E-state index contributed by atoms with van der Waals surface area (Å²) >= 11 is 2.02. The minimum atomic E-state index is -0.219. The Bertz CT molecular complexity index is 74.1. The van der Waals surface area contributed by atoms with Crippen molar-refractivity contribution in [2.45, 2.75) is 17.3 Å². The number of rotatable bonds is 2. The molecule has 0 saturated heterocycles. The van der Waals surface area contributed by atoms with Gasteiger partial charge >= 0.3 is 0 Å². The summed E-state index contributed by atoms with van der Waals surface area (Å²) in [5, 5.41) is 0. The average molecular weight is 213 g/mol. The van der Waals surface area contributed by atoms with Crippen molar-refractivity contribution in [2.24, 2.45) is 5.73 Å². The summed E-state index contributed by atoms with van der Waals surface area (Å²) in [5.74, 6) is -0.219. The van der Waals surface area contributed by atoms with Gasteiger partial charge in [0.1, 0.15) is 0 Å². The van der Waals surface area contributed by atoms with Crippen LogP contribution in [0.15, 0.2) is 0 Å². The molecule has 1 atom stereocenters. The summed E-state index contributed by atoms with van der Waals surface area (Å²) in [7, 11) is 0. The monoisotopic (exact) mass is 213 g/mol. The van der Waals surface area contributed by atoms with Crippen LogP contribution in [0.25, 0.3) is 0 Å². The zero-order valence-electron chi connectivity index (χ0n) is 4.15. The second kappa shape index (κ2) is 3.23. The van der Waals surface area contributed by atoms with Crippen LogP contribution in [0.5, 0.6) is 0 Å². The molecule has 2 N–H and O–H groups in total. The molecule has 0 aromatic carbocycles. The van der Waals surface area contributed by atoms with Crippen LogP contribution in [-0.2, 0) is 4.79 Å². The molecule has 0 fully saturated rings. The fourth-order valence-corrected chi connectivity index (χ4v) is 0.201. The van der Waals surface area contributed by atoms with E-state index in [1.165, 1.54) is 0 Å². The summed E-state index contributed by atoms with van der Waals surface area (Å²) in [5.41, 5.74) is 4.90. The third kappa shape index (κ3) is 2.85. The Hall–Kier alpha value is 0.200. The molecule has 0 radical (unpaired) electrons. The van der Waals surface area contributed by atoms with E-state index < -0.39 is 0 Å². The molecule has 0 spiro atoms. The molecule has 0 saturated carbocycles. The number of primary amides is 1. The molecule has 3 heteroatoms. The molecule has 7 heavy (non-hydrogen) atoms. The second-order valence-corrected chi connectivity index (χ2v) is 2.78. The first-order chi connectivity index (χ1) is 3.18. The summed E-state index contributed by atoms with van der Waals surface area (Å²) in [6.07, 6.45) is 0.829. The Balaban J connectivity index is 3.34. The molecule has 0 bridgehead atoms. The molecule has 0 aliphatic rings. The van der Waals surface area contributed by atoms with Gasteiger partial charge in [-0.2, -0.15) is 0 Å². The Morgan fingerprint density at radius 3 is 2.43 bits per heavy atom. The molecule has 0 aromatic heterocycles. The fraction of sp³-hybridized carbons (Fsp3) is 0.750. The lowest BCUT2D eigenvalue weighted by atomic mass is 10.3. The van der Waals surface area contributed by atoms with E-state index >= 15 is 0 Å². The van der Waals surface area contributed by atoms with Crippen molar-refractivity contribution in [3.63, 3.8) is 0 Å². The first-order valence-electron chi connectivity index (χ1n) is 2.12. The highest BCUT2D eigenvalue weighted by Crippen LogP contribution is 2.01. The van der Waals surface area contributed by atoms with Crippen molar-refractivity contribution in [3.05, 3.63) is 0 Å². The van der Waals surface area contributed by atoms with E-state index in [0.29, 0.717) is 0 Å². The van der Waals surface area contributed by atoms with Crippen LogP contribution in [-0.4, -0.2) is 9.83 Å². The predicted octanol–water partition coefficient (Wildman–Crippen LogP) is 0.685. The van der Waals surface area contributed by atoms with Gasteiger partial charge in [-0.25, -0.2) is 0 Å². The Morgan fingerprint density at radius 2 is 2.43 bits per heavy atom. The normalized spacial score (nSPS) is 13.4. The maximum Gasteiger partial charge on any atom is 0.230 e. The predicted molar refractivity (Wildman–Crippen MR) is 37.3 cm³/mol. The van der Waals surface area contributed by atoms with Gasteiger partial charge in [-0.15, -0.1) is 0 Å². The van der Waals surface area contributed by atoms with Crippen LogP contribution in [0.2, 0.25) is 0 Å². The lowest BCUT2D eigenvalue weighted by Crippen LogP contribution is -2.21. The minimum absolute atomic E-state index is 0.0117. The van der Waals surface area contributed by atoms with E-state index in [1.54, 1.807) is 0 Å². The number of hydrogen-bond donors (Lipinski definition) is 1. The van der Waals surface area contributed by atoms with Gasteiger partial charge in [0.15, 0.2) is 0 Å². The van der Waals surface area contributed by atoms with Gasteiger partial charge < -0.3 is 5.73 Å². The van der Waals surface area contributed by atoms with Crippen LogP contribution in [0.1, 0.15) is 13.3 Å². The van der Waals surface area contributed by atoms with Crippen molar-refractivity contribution in [1.82, 2.24) is 0 Å². The van der Waals surface area contributed by atoms with Gasteiger partial charge in [0, 0.05) is 0 Å². The number of halogens is 1. The molecule has 2 nitrogen and oxygen atoms in total. The maximum absolute atomic E-state index is 10.1. The van der Waals surface area contributed by atoms with Crippen LogP contribution < -0.4 is 5.73 Å². The zero-order valence-corrected chi connectivity index (χ0v) is 6.31. The number of alkyl halides is 1. The lowest BCUT2D eigenvalue weighted by molar-refractivity contribution is -0.117. The maximum atomic E-state index is 10.1. The van der Waals surface area contributed by atoms with Gasteiger partial charge in [-0.3, -0.25) is 4.79 Å². The zero-order chi connectivity index (χ0) is 5.86. The smallest absolute Gasteiger partial charge is 0.230 e. The van der Waals surface area contributed by atoms with Crippen molar-refractivity contribution in [2.75, 3.05) is 0 Å². The topological polar surface area (TPSA) is 43.1 Å². The van der Waals surface area contributed by atoms with Gasteiger partial charge in [0.2, 0.25) is 5.91 Å². The second-order valence-electron chi connectivity index (χ2n) is 1.28. The molecular formula is C4H8INO. The van der Waals surface area contributed by atoms with Crippen LogP contribution >= 0.6 is 22.6 Å². The SMILES string of the molecule is CCC(I)C(N)=O. The van der Waals surface area contributed by atoms with Crippen molar-refractivity contribution >= 4 is 28.5 Å². The highest BCUT2D eigenvalue weighted by molar-refractivity contribution is 14.1. The Kier molecular flexibility index (Phi) is 3.33. The van der Waals surface area contributed by atoms with E-state index in [1.807, 2.05) is 29.5 Å². The number of amides is 1. The van der Waals surface area contributed by atoms with Gasteiger partial charge in [0.05, 0.1) is 3.92 Å². The number of nitrogens with two attached hydrogens (primary N) is 1. The molecule has 0 aliphatic heterocycles. The van der Waals surface area contributed by atoms with Crippen LogP contribution in [0, 0.1) is 0 Å². The summed E-state index contributed by atoms with van der Waals surface area (Å²) < 4.78 is 0.0117. The summed E-state index contributed by atoms with van der Waals surface area (Å²) in [6, 6.07) is 0. The summed E-state index contributed by atoms with van der Waals surface area (Å²) in [4.78, 5) is 10.1. The van der Waals surface area contributed by atoms with Crippen molar-refractivity contribution < 1.29 is 4.79 Å². The van der Waals surface area contributed by atoms with Crippen LogP contribution in [0.3, 0.4) is 0 Å². The van der Waals surface area contributed by atoms with Gasteiger partial charge in [-0.05, 0) is 6.42 Å². The van der Waals surface area contributed by atoms with Crippen molar-refractivity contribution in [1.29, 1.82) is 0 Å². The van der Waals surface area contributed by atoms with E-state index in [9.17, 15) is 4.79 Å². The van der Waals surface area contributed by atoms with Crippen LogP contribution in [0.4, 0.5) is 0 Å². The molecular weight excluding hydrogens is 205 g/mol. The standard InChI is InChI=1S/C4H8INO/c1-2-3(5)4(6)7/h3H,2H2,1H3,(H2,6,7). The lowest BCUT2D eigenvalue weighted by Gasteiger charge is -1.95. The summed E-state index contributed by atoms with van der Waals surface area (Å²) in [6.45, 7) is 1.93. The molecule has 0 rings (SSSR count). The fourth-order valence-electron chi connectivity index (χ4n) is 0.201. The molecule has 1 amide bonds. The highest BCUT2D eigenvalue weighted by atomic mass is 127. The number of hydrogen-bond acceptors (Lipinski definition) is 1. The van der Waals surface area contributed by atoms with E-state index in [-0.39, 0.29) is 9.83 Å². The largest absolute Gasteiger partial charge is 0.369 e. The molecule has 0 aromatic rings. The van der Waals surface area contributed by atoms with Gasteiger partial charge in [0.25, 0.3) is 0 Å². The quantitative estimate of drug-likeness (QED) is 0.532. The highest BCUT2D eigenvalue weighted by Gasteiger charge is 2.04. The first-order valence-corrected chi connectivity index (χ1v) is 3.36. The minimum Gasteiger partial charge on any atom is -0.369 e. The van der Waals surface area contributed by atoms with E-state index in [4.69, 9.17) is 5.73 Å². The molecule has 42 valence electrons. The average Bonchev–Trinajstić information content (AvgIpc) is 1.65. The molecule has 0 aliphatic carbocycles. The number of carbonyl (C=O) groups is 1. The van der Waals surface area contributed by atoms with E-state index in [0.717, 1.165) is 6.42 Å². The number of carbonyl (C=O) groups excluding carboxylic acids is 1. The third-order valence-corrected chi connectivity index (χ3v) is 2.16. The Morgan fingerprint density at radius 1 is 2.00 bits per heavy atom.